The van der Waals surface area contributed by atoms with Crippen molar-refractivity contribution in [3.63, 3.8) is 0 Å². The first kappa shape index (κ1) is 17.3. The van der Waals surface area contributed by atoms with E-state index in [9.17, 15) is 4.79 Å². The minimum absolute atomic E-state index is 0.310. The number of carbonyl (C=O) groups is 1. The lowest BCUT2D eigenvalue weighted by atomic mass is 9.90. The minimum Gasteiger partial charge on any atom is -0.430 e. The zero-order valence-electron chi connectivity index (χ0n) is 13.4. The fourth-order valence-corrected chi connectivity index (χ4v) is 2.90. The predicted octanol–water partition coefficient (Wildman–Crippen LogP) is 5.61. The van der Waals surface area contributed by atoms with Crippen LogP contribution >= 0.6 is 0 Å². The van der Waals surface area contributed by atoms with Gasteiger partial charge < -0.3 is 9.47 Å². The van der Waals surface area contributed by atoms with Gasteiger partial charge in [0.25, 0.3) is 0 Å². The molecule has 0 amide bonds. The highest BCUT2D eigenvalue weighted by atomic mass is 16.8. The van der Waals surface area contributed by atoms with Gasteiger partial charge in [0.05, 0.1) is 0 Å². The van der Waals surface area contributed by atoms with Gasteiger partial charge in [-0.25, -0.2) is 4.79 Å². The Morgan fingerprint density at radius 3 is 1.85 bits per heavy atom. The SMILES string of the molecule is CCCCCCCCC1(CCCCCC)COC(=O)O1. The van der Waals surface area contributed by atoms with E-state index in [0.29, 0.717) is 6.61 Å². The molecule has 1 aliphatic heterocycles. The van der Waals surface area contributed by atoms with Crippen molar-refractivity contribution >= 4 is 6.16 Å². The van der Waals surface area contributed by atoms with Crippen LogP contribution in [0.5, 0.6) is 0 Å². The highest BCUT2D eigenvalue weighted by Crippen LogP contribution is 2.32. The van der Waals surface area contributed by atoms with Gasteiger partial charge in [0.15, 0.2) is 0 Å². The first-order valence-corrected chi connectivity index (χ1v) is 8.58. The van der Waals surface area contributed by atoms with Crippen LogP contribution < -0.4 is 0 Å². The largest absolute Gasteiger partial charge is 0.509 e. The van der Waals surface area contributed by atoms with E-state index in [1.165, 1.54) is 51.4 Å². The minimum atomic E-state index is -0.466. The fraction of sp³-hybridized carbons (Fsp3) is 0.941. The molecule has 0 aromatic carbocycles. The summed E-state index contributed by atoms with van der Waals surface area (Å²) in [6.07, 6.45) is 14.0. The molecule has 1 aliphatic rings. The quantitative estimate of drug-likeness (QED) is 0.345. The zero-order valence-corrected chi connectivity index (χ0v) is 13.4. The molecule has 0 saturated carbocycles. The fourth-order valence-electron chi connectivity index (χ4n) is 2.90. The van der Waals surface area contributed by atoms with Gasteiger partial charge in [0, 0.05) is 0 Å². The average molecular weight is 284 g/mol. The van der Waals surface area contributed by atoms with E-state index >= 15 is 0 Å². The van der Waals surface area contributed by atoms with Gasteiger partial charge in [-0.1, -0.05) is 65.2 Å². The molecule has 1 saturated heterocycles. The third-order valence-electron chi connectivity index (χ3n) is 4.22. The molecule has 0 bridgehead atoms. The Hall–Kier alpha value is -0.730. The molecule has 0 N–H and O–H groups in total. The van der Waals surface area contributed by atoms with Crippen LogP contribution in [0.15, 0.2) is 0 Å². The Balaban J connectivity index is 2.23. The van der Waals surface area contributed by atoms with E-state index in [-0.39, 0.29) is 5.60 Å². The second-order valence-electron chi connectivity index (χ2n) is 6.15. The lowest BCUT2D eigenvalue weighted by Crippen LogP contribution is -2.31. The van der Waals surface area contributed by atoms with Crippen LogP contribution in [0.25, 0.3) is 0 Å². The maximum Gasteiger partial charge on any atom is 0.509 e. The molecule has 118 valence electrons. The highest BCUT2D eigenvalue weighted by Gasteiger charge is 2.41. The van der Waals surface area contributed by atoms with Gasteiger partial charge >= 0.3 is 6.16 Å². The van der Waals surface area contributed by atoms with Crippen molar-refractivity contribution in [2.45, 2.75) is 96.5 Å². The Labute approximate surface area is 124 Å². The number of cyclic esters (lactones) is 2. The Morgan fingerprint density at radius 2 is 1.35 bits per heavy atom. The maximum absolute atomic E-state index is 11.3. The van der Waals surface area contributed by atoms with Crippen molar-refractivity contribution in [2.24, 2.45) is 0 Å². The second-order valence-corrected chi connectivity index (χ2v) is 6.15. The Bertz CT molecular complexity index is 265. The lowest BCUT2D eigenvalue weighted by Gasteiger charge is -2.25. The summed E-state index contributed by atoms with van der Waals surface area (Å²) < 4.78 is 10.6. The van der Waals surface area contributed by atoms with Crippen molar-refractivity contribution in [1.82, 2.24) is 0 Å². The standard InChI is InChI=1S/C17H32O3/c1-3-5-7-9-10-12-14-17(13-11-8-6-4-2)15-19-16(18)20-17/h3-15H2,1-2H3. The molecule has 20 heavy (non-hydrogen) atoms. The summed E-state index contributed by atoms with van der Waals surface area (Å²) in [6.45, 7) is 4.91. The molecular formula is C17H32O3. The van der Waals surface area contributed by atoms with Gasteiger partial charge in [0.1, 0.15) is 12.2 Å². The third-order valence-corrected chi connectivity index (χ3v) is 4.22. The number of ether oxygens (including phenoxy) is 2. The first-order chi connectivity index (χ1) is 9.72. The number of unbranched alkanes of at least 4 members (excludes halogenated alkanes) is 8. The van der Waals surface area contributed by atoms with Crippen LogP contribution in [-0.4, -0.2) is 18.4 Å². The Morgan fingerprint density at radius 1 is 0.850 bits per heavy atom. The number of carbonyl (C=O) groups excluding carboxylic acids is 1. The number of rotatable bonds is 12. The van der Waals surface area contributed by atoms with Gasteiger partial charge in [0.2, 0.25) is 0 Å². The van der Waals surface area contributed by atoms with Crippen molar-refractivity contribution in [1.29, 1.82) is 0 Å². The summed E-state index contributed by atoms with van der Waals surface area (Å²) in [4.78, 5) is 11.3. The van der Waals surface area contributed by atoms with Crippen LogP contribution in [-0.2, 0) is 9.47 Å². The third kappa shape index (κ3) is 6.62. The Kier molecular flexibility index (Phi) is 8.72. The monoisotopic (exact) mass is 284 g/mol. The summed E-state index contributed by atoms with van der Waals surface area (Å²) >= 11 is 0. The molecule has 3 heteroatoms. The zero-order chi connectivity index (χ0) is 14.7. The van der Waals surface area contributed by atoms with E-state index < -0.39 is 6.16 Å². The van der Waals surface area contributed by atoms with Crippen LogP contribution in [0.1, 0.15) is 90.9 Å². The summed E-state index contributed by atoms with van der Waals surface area (Å²) in [5, 5.41) is 0. The molecule has 0 aromatic rings. The van der Waals surface area contributed by atoms with Crippen molar-refractivity contribution < 1.29 is 14.3 Å². The van der Waals surface area contributed by atoms with Crippen LogP contribution in [0.2, 0.25) is 0 Å². The molecule has 1 fully saturated rings. The van der Waals surface area contributed by atoms with E-state index in [2.05, 4.69) is 13.8 Å². The molecule has 1 unspecified atom stereocenters. The summed E-state index contributed by atoms with van der Waals surface area (Å²) in [5.74, 6) is 0. The van der Waals surface area contributed by atoms with Crippen molar-refractivity contribution in [3.05, 3.63) is 0 Å². The normalized spacial score (nSPS) is 21.8. The lowest BCUT2D eigenvalue weighted by molar-refractivity contribution is 0.0379. The highest BCUT2D eigenvalue weighted by molar-refractivity contribution is 5.62. The molecular weight excluding hydrogens is 252 g/mol. The van der Waals surface area contributed by atoms with Crippen molar-refractivity contribution in [2.75, 3.05) is 6.61 Å². The number of hydrogen-bond donors (Lipinski definition) is 0. The van der Waals surface area contributed by atoms with Gasteiger partial charge in [-0.15, -0.1) is 0 Å². The molecule has 0 radical (unpaired) electrons. The molecule has 1 rings (SSSR count). The summed E-state index contributed by atoms with van der Waals surface area (Å²) in [6, 6.07) is 0. The van der Waals surface area contributed by atoms with Gasteiger partial charge in [-0.2, -0.15) is 0 Å². The second kappa shape index (κ2) is 10.1. The van der Waals surface area contributed by atoms with E-state index in [0.717, 1.165) is 25.7 Å². The topological polar surface area (TPSA) is 35.5 Å². The van der Waals surface area contributed by atoms with E-state index in [4.69, 9.17) is 9.47 Å². The number of hydrogen-bond acceptors (Lipinski definition) is 3. The average Bonchev–Trinajstić information content (AvgIpc) is 2.81. The van der Waals surface area contributed by atoms with Gasteiger partial charge in [-0.05, 0) is 25.7 Å². The molecule has 1 heterocycles. The van der Waals surface area contributed by atoms with Crippen molar-refractivity contribution in [3.8, 4) is 0 Å². The molecule has 0 aromatic heterocycles. The van der Waals surface area contributed by atoms with Gasteiger partial charge in [-0.3, -0.25) is 0 Å². The van der Waals surface area contributed by atoms with Crippen LogP contribution in [0.3, 0.4) is 0 Å². The first-order valence-electron chi connectivity index (χ1n) is 8.58. The predicted molar refractivity (Wildman–Crippen MR) is 81.9 cm³/mol. The summed E-state index contributed by atoms with van der Waals surface area (Å²) in [7, 11) is 0. The van der Waals surface area contributed by atoms with E-state index in [1.54, 1.807) is 0 Å². The smallest absolute Gasteiger partial charge is 0.430 e. The molecule has 1 atom stereocenters. The molecule has 0 spiro atoms. The van der Waals surface area contributed by atoms with Crippen LogP contribution in [0, 0.1) is 0 Å². The summed E-state index contributed by atoms with van der Waals surface area (Å²) in [5.41, 5.74) is -0.310. The maximum atomic E-state index is 11.3. The molecule has 3 nitrogen and oxygen atoms in total. The van der Waals surface area contributed by atoms with Crippen LogP contribution in [0.4, 0.5) is 4.79 Å². The molecule has 0 aliphatic carbocycles. The van der Waals surface area contributed by atoms with E-state index in [1.807, 2.05) is 0 Å².